The number of piperazine rings is 1. The van der Waals surface area contributed by atoms with Gasteiger partial charge in [-0.1, -0.05) is 18.2 Å². The van der Waals surface area contributed by atoms with Crippen molar-refractivity contribution in [2.45, 2.75) is 25.2 Å². The predicted molar refractivity (Wildman–Crippen MR) is 114 cm³/mol. The normalized spacial score (nSPS) is 15.2. The molecule has 2 aromatic carbocycles. The molecule has 4 rings (SSSR count). The minimum atomic E-state index is -3.56. The van der Waals surface area contributed by atoms with Gasteiger partial charge in [-0.15, -0.1) is 5.10 Å². The van der Waals surface area contributed by atoms with Crippen molar-refractivity contribution >= 4 is 15.9 Å². The average Bonchev–Trinajstić information content (AvgIpc) is 3.31. The van der Waals surface area contributed by atoms with Crippen LogP contribution in [0.5, 0.6) is 0 Å². The number of aryl methyl sites for hydroxylation is 2. The van der Waals surface area contributed by atoms with Gasteiger partial charge in [0.05, 0.1) is 17.0 Å². The monoisotopic (exact) mass is 440 g/mol. The van der Waals surface area contributed by atoms with Gasteiger partial charge in [-0.2, -0.15) is 4.31 Å². The minimum absolute atomic E-state index is 0.0154. The van der Waals surface area contributed by atoms with Crippen molar-refractivity contribution < 1.29 is 13.2 Å². The van der Waals surface area contributed by atoms with E-state index in [1.165, 1.54) is 10.6 Å². The van der Waals surface area contributed by atoms with E-state index < -0.39 is 10.0 Å². The molecule has 1 aromatic heterocycles. The van der Waals surface area contributed by atoms with Crippen LogP contribution in [-0.2, 0) is 21.2 Å². The summed E-state index contributed by atoms with van der Waals surface area (Å²) in [4.78, 5) is 14.7. The van der Waals surface area contributed by atoms with Gasteiger partial charge in [0.15, 0.2) is 0 Å². The molecular formula is C21H24N6O3S. The van der Waals surface area contributed by atoms with Crippen LogP contribution in [0.1, 0.15) is 16.7 Å². The fourth-order valence-corrected chi connectivity index (χ4v) is 5.04. The summed E-state index contributed by atoms with van der Waals surface area (Å²) < 4.78 is 28.9. The molecule has 9 nitrogen and oxygen atoms in total. The molecule has 0 N–H and O–H groups in total. The Hall–Kier alpha value is -3.11. The number of aromatic nitrogens is 4. The lowest BCUT2D eigenvalue weighted by molar-refractivity contribution is -0.131. The summed E-state index contributed by atoms with van der Waals surface area (Å²) >= 11 is 0. The number of amides is 1. The van der Waals surface area contributed by atoms with Crippen molar-refractivity contribution in [3.05, 3.63) is 65.5 Å². The summed E-state index contributed by atoms with van der Waals surface area (Å²) in [7, 11) is -3.56. The number of carbonyl (C=O) groups excluding carboxylic acids is 1. The third-order valence-corrected chi connectivity index (χ3v) is 7.51. The lowest BCUT2D eigenvalue weighted by atomic mass is 10.1. The summed E-state index contributed by atoms with van der Waals surface area (Å²) in [6.45, 7) is 5.20. The Morgan fingerprint density at radius 2 is 1.68 bits per heavy atom. The number of hydrogen-bond donors (Lipinski definition) is 0. The number of rotatable bonds is 5. The van der Waals surface area contributed by atoms with Gasteiger partial charge in [0.25, 0.3) is 0 Å². The number of carbonyl (C=O) groups is 1. The Kier molecular flexibility index (Phi) is 5.84. The Labute approximate surface area is 181 Å². The average molecular weight is 441 g/mol. The smallest absolute Gasteiger partial charge is 0.243 e. The quantitative estimate of drug-likeness (QED) is 0.594. The second-order valence-electron chi connectivity index (χ2n) is 7.63. The Morgan fingerprint density at radius 1 is 0.968 bits per heavy atom. The van der Waals surface area contributed by atoms with Crippen LogP contribution in [0.3, 0.4) is 0 Å². The molecule has 2 heterocycles. The largest absolute Gasteiger partial charge is 0.340 e. The number of hydrogen-bond acceptors (Lipinski definition) is 6. The van der Waals surface area contributed by atoms with Gasteiger partial charge in [0.2, 0.25) is 15.9 Å². The molecule has 31 heavy (non-hydrogen) atoms. The zero-order valence-corrected chi connectivity index (χ0v) is 18.3. The number of tetrazole rings is 1. The second kappa shape index (κ2) is 8.56. The van der Waals surface area contributed by atoms with E-state index in [4.69, 9.17) is 0 Å². The summed E-state index contributed by atoms with van der Waals surface area (Å²) in [6, 6.07) is 12.6. The summed E-state index contributed by atoms with van der Waals surface area (Å²) in [5.74, 6) is -0.0154. The molecule has 1 amide bonds. The van der Waals surface area contributed by atoms with Crippen LogP contribution in [0.15, 0.2) is 53.7 Å². The molecule has 0 aliphatic carbocycles. The first-order chi connectivity index (χ1) is 14.8. The van der Waals surface area contributed by atoms with Crippen molar-refractivity contribution in [3.8, 4) is 5.69 Å². The summed E-state index contributed by atoms with van der Waals surface area (Å²) in [5, 5.41) is 11.0. The molecule has 0 radical (unpaired) electrons. The van der Waals surface area contributed by atoms with Crippen LogP contribution < -0.4 is 0 Å². The van der Waals surface area contributed by atoms with Gasteiger partial charge < -0.3 is 4.90 Å². The molecule has 0 bridgehead atoms. The zero-order chi connectivity index (χ0) is 22.0. The fourth-order valence-electron chi connectivity index (χ4n) is 3.53. The minimum Gasteiger partial charge on any atom is -0.340 e. The van der Waals surface area contributed by atoms with Crippen molar-refractivity contribution in [3.63, 3.8) is 0 Å². The van der Waals surface area contributed by atoms with Crippen molar-refractivity contribution in [2.75, 3.05) is 26.2 Å². The number of benzene rings is 2. The van der Waals surface area contributed by atoms with Crippen LogP contribution in [0.2, 0.25) is 0 Å². The van der Waals surface area contributed by atoms with E-state index >= 15 is 0 Å². The molecular weight excluding hydrogens is 416 g/mol. The van der Waals surface area contributed by atoms with Crippen LogP contribution in [0.25, 0.3) is 5.69 Å². The topological polar surface area (TPSA) is 101 Å². The molecule has 1 aliphatic rings. The highest BCUT2D eigenvalue weighted by atomic mass is 32.2. The highest BCUT2D eigenvalue weighted by Crippen LogP contribution is 2.21. The summed E-state index contributed by atoms with van der Waals surface area (Å²) in [5.41, 5.74) is 3.69. The Morgan fingerprint density at radius 3 is 2.29 bits per heavy atom. The Balaban J connectivity index is 1.36. The van der Waals surface area contributed by atoms with E-state index in [-0.39, 0.29) is 12.3 Å². The first-order valence-corrected chi connectivity index (χ1v) is 11.5. The van der Waals surface area contributed by atoms with E-state index in [9.17, 15) is 13.2 Å². The number of nitrogens with zero attached hydrogens (tertiary/aromatic N) is 6. The Bertz CT molecular complexity index is 1170. The highest BCUT2D eigenvalue weighted by molar-refractivity contribution is 7.89. The lowest BCUT2D eigenvalue weighted by Crippen LogP contribution is -2.50. The molecule has 1 aliphatic heterocycles. The van der Waals surface area contributed by atoms with Gasteiger partial charge in [-0.05, 0) is 65.2 Å². The van der Waals surface area contributed by atoms with Crippen LogP contribution in [0.4, 0.5) is 0 Å². The van der Waals surface area contributed by atoms with E-state index in [2.05, 4.69) is 15.5 Å². The molecule has 10 heteroatoms. The van der Waals surface area contributed by atoms with E-state index in [1.807, 2.05) is 44.2 Å². The van der Waals surface area contributed by atoms with Crippen molar-refractivity contribution in [1.82, 2.24) is 29.4 Å². The van der Waals surface area contributed by atoms with Gasteiger partial charge in [0.1, 0.15) is 6.33 Å². The molecule has 1 saturated heterocycles. The first-order valence-electron chi connectivity index (χ1n) is 10.0. The molecule has 3 aromatic rings. The first kappa shape index (κ1) is 21.1. The van der Waals surface area contributed by atoms with Crippen molar-refractivity contribution in [1.29, 1.82) is 0 Å². The maximum Gasteiger partial charge on any atom is 0.243 e. The van der Waals surface area contributed by atoms with Gasteiger partial charge in [0, 0.05) is 26.2 Å². The molecule has 0 unspecified atom stereocenters. The zero-order valence-electron chi connectivity index (χ0n) is 17.5. The lowest BCUT2D eigenvalue weighted by Gasteiger charge is -2.34. The summed E-state index contributed by atoms with van der Waals surface area (Å²) in [6.07, 6.45) is 1.77. The SMILES string of the molecule is Cc1ccc(S(=O)(=O)N2CCN(C(=O)Cc3ccc(-n4cnnn4)cc3)CC2)cc1C. The van der Waals surface area contributed by atoms with Crippen LogP contribution in [0, 0.1) is 13.8 Å². The van der Waals surface area contributed by atoms with Gasteiger partial charge >= 0.3 is 0 Å². The van der Waals surface area contributed by atoms with Crippen molar-refractivity contribution in [2.24, 2.45) is 0 Å². The second-order valence-corrected chi connectivity index (χ2v) is 9.57. The predicted octanol–water partition coefficient (Wildman–Crippen LogP) is 1.35. The maximum atomic E-state index is 13.0. The highest BCUT2D eigenvalue weighted by Gasteiger charge is 2.30. The van der Waals surface area contributed by atoms with Crippen LogP contribution in [-0.4, -0.2) is 69.9 Å². The third-order valence-electron chi connectivity index (χ3n) is 5.61. The molecule has 0 spiro atoms. The molecule has 0 atom stereocenters. The van der Waals surface area contributed by atoms with Crippen LogP contribution >= 0.6 is 0 Å². The molecule has 1 fully saturated rings. The van der Waals surface area contributed by atoms with E-state index in [0.29, 0.717) is 31.1 Å². The maximum absolute atomic E-state index is 13.0. The van der Waals surface area contributed by atoms with E-state index in [0.717, 1.165) is 22.4 Å². The third kappa shape index (κ3) is 4.49. The molecule has 0 saturated carbocycles. The van der Waals surface area contributed by atoms with Gasteiger partial charge in [-0.3, -0.25) is 4.79 Å². The van der Waals surface area contributed by atoms with E-state index in [1.54, 1.807) is 21.7 Å². The molecule has 162 valence electrons. The standard InChI is InChI=1S/C21H24N6O3S/c1-16-3-8-20(13-17(16)2)31(29,30)26-11-9-25(10-12-26)21(28)14-18-4-6-19(7-5-18)27-15-22-23-24-27/h3-8,13,15H,9-12,14H2,1-2H3. The number of sulfonamides is 1. The fraction of sp³-hybridized carbons (Fsp3) is 0.333. The van der Waals surface area contributed by atoms with Gasteiger partial charge in [-0.25, -0.2) is 13.1 Å².